The van der Waals surface area contributed by atoms with Gasteiger partial charge in [0.25, 0.3) is 0 Å². The van der Waals surface area contributed by atoms with Crippen LogP contribution in [0.2, 0.25) is 0 Å². The number of likely N-dealkylation sites (tertiary alicyclic amines) is 1. The van der Waals surface area contributed by atoms with Gasteiger partial charge in [-0.05, 0) is 37.8 Å². The lowest BCUT2D eigenvalue weighted by Crippen LogP contribution is -2.52. The minimum Gasteiger partial charge on any atom is -0.489 e. The molecule has 24 heavy (non-hydrogen) atoms. The van der Waals surface area contributed by atoms with Crippen molar-refractivity contribution in [1.82, 2.24) is 15.2 Å². The summed E-state index contributed by atoms with van der Waals surface area (Å²) in [5, 5.41) is 3.65. The minimum absolute atomic E-state index is 0.153. The maximum atomic E-state index is 13.2. The highest BCUT2D eigenvalue weighted by atomic mass is 16.5. The van der Waals surface area contributed by atoms with Gasteiger partial charge in [-0.25, -0.2) is 0 Å². The molecule has 3 fully saturated rings. The predicted molar refractivity (Wildman–Crippen MR) is 91.8 cm³/mol. The third-order valence-electron chi connectivity index (χ3n) is 6.24. The van der Waals surface area contributed by atoms with Gasteiger partial charge < -0.3 is 15.0 Å². The van der Waals surface area contributed by atoms with Crippen LogP contribution in [0.25, 0.3) is 0 Å². The predicted octanol–water partition coefficient (Wildman–Crippen LogP) is 2.37. The smallest absolute Gasteiger partial charge is 0.230 e. The Balaban J connectivity index is 1.36. The van der Waals surface area contributed by atoms with Crippen molar-refractivity contribution in [3.63, 3.8) is 0 Å². The van der Waals surface area contributed by atoms with Gasteiger partial charge in [0, 0.05) is 44.2 Å². The number of carbonyl (C=O) groups excluding carboxylic acids is 1. The molecule has 3 aliphatic heterocycles. The molecule has 3 atom stereocenters. The van der Waals surface area contributed by atoms with Gasteiger partial charge in [0.2, 0.25) is 5.91 Å². The van der Waals surface area contributed by atoms with Crippen LogP contribution in [-0.4, -0.2) is 47.1 Å². The Hall–Kier alpha value is -1.62. The fourth-order valence-electron chi connectivity index (χ4n) is 4.88. The summed E-state index contributed by atoms with van der Waals surface area (Å²) >= 11 is 0. The van der Waals surface area contributed by atoms with Gasteiger partial charge in [0.15, 0.2) is 0 Å². The molecule has 0 aliphatic carbocycles. The molecule has 1 N–H and O–H groups in total. The third kappa shape index (κ3) is 2.69. The molecule has 0 radical (unpaired) electrons. The average molecular weight is 329 g/mol. The summed E-state index contributed by atoms with van der Waals surface area (Å²) in [4.78, 5) is 19.4. The van der Waals surface area contributed by atoms with E-state index >= 15 is 0 Å². The second-order valence-corrected chi connectivity index (χ2v) is 7.51. The Morgan fingerprint density at radius 1 is 1.38 bits per heavy atom. The van der Waals surface area contributed by atoms with Crippen molar-refractivity contribution in [2.75, 3.05) is 13.1 Å². The lowest BCUT2D eigenvalue weighted by Gasteiger charge is -2.41. The Morgan fingerprint density at radius 3 is 2.79 bits per heavy atom. The monoisotopic (exact) mass is 329 g/mol. The lowest BCUT2D eigenvalue weighted by atomic mass is 9.70. The summed E-state index contributed by atoms with van der Waals surface area (Å²) in [6.07, 6.45) is 9.88. The van der Waals surface area contributed by atoms with E-state index in [0.717, 1.165) is 50.9 Å². The zero-order chi connectivity index (χ0) is 16.6. The lowest BCUT2D eigenvalue weighted by molar-refractivity contribution is -0.145. The highest BCUT2D eigenvalue weighted by Gasteiger charge is 2.55. The second-order valence-electron chi connectivity index (χ2n) is 7.51. The molecule has 4 heterocycles. The van der Waals surface area contributed by atoms with Crippen molar-refractivity contribution < 1.29 is 9.53 Å². The Morgan fingerprint density at radius 2 is 2.21 bits per heavy atom. The first-order chi connectivity index (χ1) is 11.7. The van der Waals surface area contributed by atoms with Crippen LogP contribution in [0.4, 0.5) is 0 Å². The normalized spacial score (nSPS) is 33.0. The van der Waals surface area contributed by atoms with Crippen molar-refractivity contribution in [2.45, 2.75) is 63.6 Å². The summed E-state index contributed by atoms with van der Waals surface area (Å²) in [7, 11) is 0. The Labute approximate surface area is 143 Å². The largest absolute Gasteiger partial charge is 0.489 e. The zero-order valence-electron chi connectivity index (χ0n) is 14.4. The maximum absolute atomic E-state index is 13.2. The first-order valence-corrected chi connectivity index (χ1v) is 9.33. The molecule has 4 rings (SSSR count). The number of pyridine rings is 1. The van der Waals surface area contributed by atoms with Gasteiger partial charge >= 0.3 is 0 Å². The molecular formula is C19H27N3O2. The third-order valence-corrected chi connectivity index (χ3v) is 6.24. The van der Waals surface area contributed by atoms with E-state index in [2.05, 4.69) is 22.1 Å². The number of aromatic nitrogens is 1. The van der Waals surface area contributed by atoms with E-state index in [9.17, 15) is 4.79 Å². The molecular weight excluding hydrogens is 302 g/mol. The first-order valence-electron chi connectivity index (χ1n) is 9.33. The molecule has 1 amide bonds. The van der Waals surface area contributed by atoms with Crippen molar-refractivity contribution in [3.8, 4) is 5.75 Å². The van der Waals surface area contributed by atoms with Crippen LogP contribution in [-0.2, 0) is 4.79 Å². The molecule has 3 saturated heterocycles. The molecule has 130 valence electrons. The van der Waals surface area contributed by atoms with Gasteiger partial charge in [-0.15, -0.1) is 0 Å². The van der Waals surface area contributed by atoms with E-state index in [4.69, 9.17) is 4.74 Å². The first kappa shape index (κ1) is 15.9. The molecule has 0 aromatic carbocycles. The van der Waals surface area contributed by atoms with Crippen molar-refractivity contribution in [2.24, 2.45) is 5.41 Å². The molecule has 5 heteroatoms. The van der Waals surface area contributed by atoms with Crippen LogP contribution in [0.3, 0.4) is 0 Å². The number of hydrogen-bond donors (Lipinski definition) is 1. The highest BCUT2D eigenvalue weighted by Crippen LogP contribution is 2.47. The number of piperidine rings is 1. The van der Waals surface area contributed by atoms with Gasteiger partial charge in [-0.3, -0.25) is 9.78 Å². The fraction of sp³-hybridized carbons (Fsp3) is 0.684. The van der Waals surface area contributed by atoms with Crippen LogP contribution in [0, 0.1) is 5.41 Å². The van der Waals surface area contributed by atoms with E-state index in [1.807, 2.05) is 12.1 Å². The van der Waals surface area contributed by atoms with Crippen LogP contribution < -0.4 is 10.1 Å². The van der Waals surface area contributed by atoms with E-state index in [1.54, 1.807) is 12.4 Å². The van der Waals surface area contributed by atoms with E-state index in [-0.39, 0.29) is 11.5 Å². The number of nitrogens with zero attached hydrogens (tertiary/aromatic N) is 2. The molecule has 3 aliphatic rings. The molecule has 1 aromatic rings. The number of nitrogens with one attached hydrogen (secondary N) is 1. The zero-order valence-corrected chi connectivity index (χ0v) is 14.4. The molecule has 0 saturated carbocycles. The van der Waals surface area contributed by atoms with E-state index < -0.39 is 0 Å². The Bertz CT molecular complexity index is 586. The minimum atomic E-state index is -0.153. The molecule has 5 nitrogen and oxygen atoms in total. The van der Waals surface area contributed by atoms with Crippen LogP contribution in [0.15, 0.2) is 24.5 Å². The van der Waals surface area contributed by atoms with Crippen molar-refractivity contribution in [1.29, 1.82) is 0 Å². The topological polar surface area (TPSA) is 54.5 Å². The number of amides is 1. The second kappa shape index (κ2) is 6.36. The number of fused-ring (bicyclic) bond motifs is 2. The van der Waals surface area contributed by atoms with Gasteiger partial charge in [-0.1, -0.05) is 6.92 Å². The van der Waals surface area contributed by atoms with Crippen molar-refractivity contribution >= 4 is 5.91 Å². The summed E-state index contributed by atoms with van der Waals surface area (Å²) < 4.78 is 6.00. The quantitative estimate of drug-likeness (QED) is 0.921. The van der Waals surface area contributed by atoms with E-state index in [0.29, 0.717) is 18.0 Å². The standard InChI is InChI=1S/C19H27N3O2/c1-2-19(12-14-5-6-17(19)21-14)18(23)22-10-7-15(8-11-22)24-16-4-3-9-20-13-16/h3-4,9,13-15,17,21H,2,5-8,10-12H2,1H3/t14-,17+,19+/m0/s1. The summed E-state index contributed by atoms with van der Waals surface area (Å²) in [5.74, 6) is 1.20. The Kier molecular flexibility index (Phi) is 4.21. The maximum Gasteiger partial charge on any atom is 0.230 e. The van der Waals surface area contributed by atoms with Gasteiger partial charge in [0.05, 0.1) is 11.6 Å². The fourth-order valence-corrected chi connectivity index (χ4v) is 4.88. The number of ether oxygens (including phenoxy) is 1. The van der Waals surface area contributed by atoms with Crippen LogP contribution in [0.1, 0.15) is 45.4 Å². The molecule has 0 spiro atoms. The van der Waals surface area contributed by atoms with Gasteiger partial charge in [-0.2, -0.15) is 0 Å². The molecule has 1 aromatic heterocycles. The summed E-state index contributed by atoms with van der Waals surface area (Å²) in [5.41, 5.74) is -0.153. The average Bonchev–Trinajstić information content (AvgIpc) is 3.24. The van der Waals surface area contributed by atoms with Gasteiger partial charge in [0.1, 0.15) is 11.9 Å². The summed E-state index contributed by atoms with van der Waals surface area (Å²) in [6.45, 7) is 3.80. The molecule has 2 bridgehead atoms. The van der Waals surface area contributed by atoms with Crippen LogP contribution >= 0.6 is 0 Å². The SMILES string of the molecule is CC[C@@]1(C(=O)N2CCC(Oc3cccnc3)CC2)C[C@@H]2CC[C@H]1N2. The number of rotatable bonds is 4. The number of carbonyl (C=O) groups is 1. The molecule has 0 unspecified atom stereocenters. The highest BCUT2D eigenvalue weighted by molar-refractivity contribution is 5.84. The van der Waals surface area contributed by atoms with Crippen LogP contribution in [0.5, 0.6) is 5.75 Å². The summed E-state index contributed by atoms with van der Waals surface area (Å²) in [6, 6.07) is 4.79. The number of hydrogen-bond acceptors (Lipinski definition) is 4. The van der Waals surface area contributed by atoms with E-state index in [1.165, 1.54) is 6.42 Å². The van der Waals surface area contributed by atoms with Crippen molar-refractivity contribution in [3.05, 3.63) is 24.5 Å².